The van der Waals surface area contributed by atoms with E-state index in [4.69, 9.17) is 4.74 Å². The van der Waals surface area contributed by atoms with E-state index in [9.17, 15) is 9.50 Å². The first kappa shape index (κ1) is 14.3. The lowest BCUT2D eigenvalue weighted by Crippen LogP contribution is -2.47. The van der Waals surface area contributed by atoms with Crippen LogP contribution in [-0.4, -0.2) is 30.9 Å². The number of hydrogen-bond acceptors (Lipinski definition) is 3. The predicted molar refractivity (Wildman–Crippen MR) is 73.9 cm³/mol. The molecule has 2 rings (SSSR count). The van der Waals surface area contributed by atoms with Crippen LogP contribution in [0.1, 0.15) is 38.4 Å². The second-order valence-electron chi connectivity index (χ2n) is 5.57. The summed E-state index contributed by atoms with van der Waals surface area (Å²) in [7, 11) is 1.70. The minimum absolute atomic E-state index is 0.215. The molecule has 0 spiro atoms. The third-order valence-electron chi connectivity index (χ3n) is 3.95. The summed E-state index contributed by atoms with van der Waals surface area (Å²) in [6.45, 7) is 5.22. The van der Waals surface area contributed by atoms with E-state index in [2.05, 4.69) is 6.92 Å². The summed E-state index contributed by atoms with van der Waals surface area (Å²) in [4.78, 5) is 2.02. The Morgan fingerprint density at radius 3 is 2.79 bits per heavy atom. The van der Waals surface area contributed by atoms with E-state index in [0.29, 0.717) is 17.8 Å². The second kappa shape index (κ2) is 5.47. The molecule has 1 fully saturated rings. The van der Waals surface area contributed by atoms with Crippen LogP contribution in [0.3, 0.4) is 0 Å². The first-order valence-corrected chi connectivity index (χ1v) is 6.73. The number of methoxy groups -OCH3 is 1. The number of ether oxygens (including phenoxy) is 1. The van der Waals surface area contributed by atoms with Crippen molar-refractivity contribution in [1.82, 2.24) is 0 Å². The van der Waals surface area contributed by atoms with E-state index < -0.39 is 6.10 Å². The summed E-state index contributed by atoms with van der Waals surface area (Å²) in [5.41, 5.74) is 0.980. The lowest BCUT2D eigenvalue weighted by molar-refractivity contribution is -0.00477. The van der Waals surface area contributed by atoms with Gasteiger partial charge in [-0.25, -0.2) is 4.39 Å². The molecule has 2 unspecified atom stereocenters. The number of halogens is 1. The van der Waals surface area contributed by atoms with Crippen molar-refractivity contribution in [3.63, 3.8) is 0 Å². The summed E-state index contributed by atoms with van der Waals surface area (Å²) in [6.07, 6.45) is 1.34. The molecule has 1 N–H and O–H groups in total. The Bertz CT molecular complexity index is 450. The second-order valence-corrected chi connectivity index (χ2v) is 5.57. The van der Waals surface area contributed by atoms with Crippen molar-refractivity contribution in [2.45, 2.75) is 38.4 Å². The van der Waals surface area contributed by atoms with E-state index in [1.807, 2.05) is 4.90 Å². The van der Waals surface area contributed by atoms with Gasteiger partial charge in [-0.3, -0.25) is 0 Å². The van der Waals surface area contributed by atoms with Gasteiger partial charge in [-0.15, -0.1) is 0 Å². The molecule has 1 aromatic carbocycles. The molecule has 106 valence electrons. The third kappa shape index (κ3) is 3.07. The highest BCUT2D eigenvalue weighted by Gasteiger charge is 2.31. The first-order valence-electron chi connectivity index (χ1n) is 6.73. The van der Waals surface area contributed by atoms with Crippen LogP contribution < -0.4 is 4.90 Å². The average molecular weight is 267 g/mol. The van der Waals surface area contributed by atoms with E-state index in [1.165, 1.54) is 6.07 Å². The molecule has 3 nitrogen and oxygen atoms in total. The van der Waals surface area contributed by atoms with Gasteiger partial charge in [0.15, 0.2) is 0 Å². The number of benzene rings is 1. The summed E-state index contributed by atoms with van der Waals surface area (Å²) in [5, 5.41) is 9.47. The maximum absolute atomic E-state index is 14.2. The number of rotatable bonds is 3. The molecule has 4 heteroatoms. The smallest absolute Gasteiger partial charge is 0.146 e. The van der Waals surface area contributed by atoms with Gasteiger partial charge in [-0.2, -0.15) is 0 Å². The van der Waals surface area contributed by atoms with Gasteiger partial charge in [0.05, 0.1) is 17.4 Å². The van der Waals surface area contributed by atoms with Crippen LogP contribution in [0.5, 0.6) is 0 Å². The maximum atomic E-state index is 14.2. The molecule has 0 radical (unpaired) electrons. The lowest BCUT2D eigenvalue weighted by atomic mass is 9.94. The van der Waals surface area contributed by atoms with Gasteiger partial charge in [0.25, 0.3) is 0 Å². The molecule has 0 aliphatic carbocycles. The molecule has 0 saturated carbocycles. The predicted octanol–water partition coefficient (Wildman–Crippen LogP) is 2.88. The van der Waals surface area contributed by atoms with Crippen LogP contribution >= 0.6 is 0 Å². The molecule has 0 aromatic heterocycles. The van der Waals surface area contributed by atoms with Crippen LogP contribution in [-0.2, 0) is 4.74 Å². The van der Waals surface area contributed by atoms with E-state index in [1.54, 1.807) is 26.2 Å². The Hall–Kier alpha value is -1.13. The summed E-state index contributed by atoms with van der Waals surface area (Å²) < 4.78 is 19.7. The number of hydrogen-bond donors (Lipinski definition) is 1. The van der Waals surface area contributed by atoms with Crippen LogP contribution in [0.15, 0.2) is 18.2 Å². The largest absolute Gasteiger partial charge is 0.389 e. The van der Waals surface area contributed by atoms with Crippen LogP contribution in [0.2, 0.25) is 0 Å². The van der Waals surface area contributed by atoms with Gasteiger partial charge in [-0.05, 0) is 44.4 Å². The molecular formula is C15H22FNO2. The molecule has 1 heterocycles. The Morgan fingerprint density at radius 1 is 1.47 bits per heavy atom. The van der Waals surface area contributed by atoms with Crippen molar-refractivity contribution in [1.29, 1.82) is 0 Å². The van der Waals surface area contributed by atoms with Crippen molar-refractivity contribution in [3.8, 4) is 0 Å². The van der Waals surface area contributed by atoms with E-state index in [0.717, 1.165) is 19.4 Å². The molecule has 1 saturated heterocycles. The quantitative estimate of drug-likeness (QED) is 0.914. The summed E-state index contributed by atoms with van der Waals surface area (Å²) in [5.74, 6) is -0.279. The number of piperidine rings is 1. The van der Waals surface area contributed by atoms with Crippen molar-refractivity contribution in [3.05, 3.63) is 29.6 Å². The van der Waals surface area contributed by atoms with Crippen molar-refractivity contribution >= 4 is 5.69 Å². The first-order chi connectivity index (χ1) is 8.95. The van der Waals surface area contributed by atoms with Gasteiger partial charge < -0.3 is 14.7 Å². The lowest BCUT2D eigenvalue weighted by Gasteiger charge is -2.40. The molecule has 1 aromatic rings. The number of nitrogens with zero attached hydrogens (tertiary/aromatic N) is 1. The van der Waals surface area contributed by atoms with Crippen LogP contribution in [0.4, 0.5) is 10.1 Å². The van der Waals surface area contributed by atoms with E-state index >= 15 is 0 Å². The third-order valence-corrected chi connectivity index (χ3v) is 3.95. The normalized spacial score (nSPS) is 25.4. The van der Waals surface area contributed by atoms with Crippen LogP contribution in [0, 0.1) is 5.82 Å². The summed E-state index contributed by atoms with van der Waals surface area (Å²) in [6, 6.07) is 4.94. The Kier molecular flexibility index (Phi) is 4.11. The number of aliphatic hydroxyl groups excluding tert-OH is 1. The SMILES string of the molecule is COC1(C)CCCN(c2ccc(C(C)O)cc2F)C1. The van der Waals surface area contributed by atoms with Gasteiger partial charge in [0, 0.05) is 20.2 Å². The van der Waals surface area contributed by atoms with E-state index in [-0.39, 0.29) is 11.4 Å². The zero-order chi connectivity index (χ0) is 14.0. The molecule has 1 aliphatic rings. The fraction of sp³-hybridized carbons (Fsp3) is 0.600. The van der Waals surface area contributed by atoms with Crippen LogP contribution in [0.25, 0.3) is 0 Å². The Morgan fingerprint density at radius 2 is 2.21 bits per heavy atom. The number of aliphatic hydroxyl groups is 1. The highest BCUT2D eigenvalue weighted by molar-refractivity contribution is 5.50. The molecular weight excluding hydrogens is 245 g/mol. The van der Waals surface area contributed by atoms with Gasteiger partial charge in [-0.1, -0.05) is 6.07 Å². The average Bonchev–Trinajstić information content (AvgIpc) is 2.38. The topological polar surface area (TPSA) is 32.7 Å². The Balaban J connectivity index is 2.22. The zero-order valence-corrected chi connectivity index (χ0v) is 11.8. The highest BCUT2D eigenvalue weighted by atomic mass is 19.1. The molecule has 19 heavy (non-hydrogen) atoms. The molecule has 0 amide bonds. The fourth-order valence-electron chi connectivity index (χ4n) is 2.62. The van der Waals surface area contributed by atoms with Gasteiger partial charge in [0.2, 0.25) is 0 Å². The molecule has 0 bridgehead atoms. The minimum atomic E-state index is -0.644. The zero-order valence-electron chi connectivity index (χ0n) is 11.8. The monoisotopic (exact) mass is 267 g/mol. The minimum Gasteiger partial charge on any atom is -0.389 e. The van der Waals surface area contributed by atoms with Gasteiger partial charge in [0.1, 0.15) is 5.82 Å². The maximum Gasteiger partial charge on any atom is 0.146 e. The van der Waals surface area contributed by atoms with Crippen molar-refractivity contribution in [2.24, 2.45) is 0 Å². The molecule has 1 aliphatic heterocycles. The van der Waals surface area contributed by atoms with Gasteiger partial charge >= 0.3 is 0 Å². The fourth-order valence-corrected chi connectivity index (χ4v) is 2.62. The number of anilines is 1. The van der Waals surface area contributed by atoms with Crippen molar-refractivity contribution in [2.75, 3.05) is 25.1 Å². The van der Waals surface area contributed by atoms with Crippen molar-refractivity contribution < 1.29 is 14.2 Å². The summed E-state index contributed by atoms with van der Waals surface area (Å²) >= 11 is 0. The Labute approximate surface area is 114 Å². The highest BCUT2D eigenvalue weighted by Crippen LogP contribution is 2.30. The standard InChI is InChI=1S/C15H22FNO2/c1-11(18)12-5-6-14(13(16)9-12)17-8-4-7-15(2,10-17)19-3/h5-6,9,11,18H,4,7-8,10H2,1-3H3. The molecule has 2 atom stereocenters.